The molecule has 0 aliphatic carbocycles. The van der Waals surface area contributed by atoms with Crippen LogP contribution in [0.15, 0.2) is 42.5 Å². The Labute approximate surface area is 118 Å². The van der Waals surface area contributed by atoms with Crippen molar-refractivity contribution in [1.82, 2.24) is 5.32 Å². The molecule has 20 heavy (non-hydrogen) atoms. The summed E-state index contributed by atoms with van der Waals surface area (Å²) >= 11 is 0. The Morgan fingerprint density at radius 1 is 0.950 bits per heavy atom. The summed E-state index contributed by atoms with van der Waals surface area (Å²) < 4.78 is 26.4. The van der Waals surface area contributed by atoms with Crippen LogP contribution in [0.1, 0.15) is 11.1 Å². The second-order valence-corrected chi connectivity index (χ2v) is 4.90. The minimum Gasteiger partial charge on any atom is -0.378 e. The van der Waals surface area contributed by atoms with Crippen molar-refractivity contribution in [3.05, 3.63) is 65.2 Å². The molecule has 0 radical (unpaired) electrons. The molecule has 0 atom stereocenters. The fourth-order valence-corrected chi connectivity index (χ4v) is 1.93. The fourth-order valence-electron chi connectivity index (χ4n) is 1.93. The summed E-state index contributed by atoms with van der Waals surface area (Å²) in [4.78, 5) is 2.03. The van der Waals surface area contributed by atoms with Gasteiger partial charge in [-0.3, -0.25) is 0 Å². The number of nitrogens with one attached hydrogen (secondary N) is 1. The molecular formula is C16H18F2N2. The van der Waals surface area contributed by atoms with Crippen LogP contribution in [0.2, 0.25) is 0 Å². The van der Waals surface area contributed by atoms with Crippen LogP contribution in [0.4, 0.5) is 14.5 Å². The van der Waals surface area contributed by atoms with E-state index < -0.39 is 5.82 Å². The number of anilines is 1. The largest absolute Gasteiger partial charge is 0.378 e. The molecular weight excluding hydrogens is 258 g/mol. The van der Waals surface area contributed by atoms with E-state index in [2.05, 4.69) is 5.32 Å². The fraction of sp³-hybridized carbons (Fsp3) is 0.250. The molecule has 0 saturated heterocycles. The van der Waals surface area contributed by atoms with Crippen LogP contribution in [-0.4, -0.2) is 14.1 Å². The minimum atomic E-state index is -0.418. The van der Waals surface area contributed by atoms with E-state index in [0.717, 1.165) is 23.4 Å². The Kier molecular flexibility index (Phi) is 4.69. The number of hydrogen-bond acceptors (Lipinski definition) is 2. The lowest BCUT2D eigenvalue weighted by Gasteiger charge is -2.13. The van der Waals surface area contributed by atoms with Gasteiger partial charge in [0.25, 0.3) is 0 Å². The second kappa shape index (κ2) is 6.48. The zero-order valence-electron chi connectivity index (χ0n) is 11.7. The standard InChI is InChI=1S/C16H18F2N2/c1-20(2)15-6-3-12(4-7-15)10-19-11-13-9-14(17)5-8-16(13)18/h3-9,19H,10-11H2,1-2H3. The SMILES string of the molecule is CN(C)c1ccc(CNCc2cc(F)ccc2F)cc1. The number of hydrogen-bond donors (Lipinski definition) is 1. The topological polar surface area (TPSA) is 15.3 Å². The average Bonchev–Trinajstić information content (AvgIpc) is 2.43. The molecule has 0 aliphatic rings. The average molecular weight is 276 g/mol. The zero-order chi connectivity index (χ0) is 14.5. The van der Waals surface area contributed by atoms with Crippen molar-refractivity contribution in [3.8, 4) is 0 Å². The number of rotatable bonds is 5. The predicted octanol–water partition coefficient (Wildman–Crippen LogP) is 3.32. The van der Waals surface area contributed by atoms with Crippen molar-refractivity contribution in [2.45, 2.75) is 13.1 Å². The Morgan fingerprint density at radius 2 is 1.65 bits per heavy atom. The first-order valence-corrected chi connectivity index (χ1v) is 6.47. The van der Waals surface area contributed by atoms with E-state index in [1.165, 1.54) is 6.07 Å². The number of halogens is 2. The summed E-state index contributed by atoms with van der Waals surface area (Å²) in [7, 11) is 3.97. The van der Waals surface area contributed by atoms with Crippen LogP contribution < -0.4 is 10.2 Å². The molecule has 0 aliphatic heterocycles. The minimum absolute atomic E-state index is 0.305. The molecule has 0 saturated carbocycles. The predicted molar refractivity (Wildman–Crippen MR) is 77.7 cm³/mol. The van der Waals surface area contributed by atoms with Gasteiger partial charge < -0.3 is 10.2 Å². The molecule has 0 heterocycles. The maximum atomic E-state index is 13.4. The first-order chi connectivity index (χ1) is 9.56. The first-order valence-electron chi connectivity index (χ1n) is 6.47. The third kappa shape index (κ3) is 3.78. The maximum absolute atomic E-state index is 13.4. The van der Waals surface area contributed by atoms with Crippen molar-refractivity contribution in [2.24, 2.45) is 0 Å². The summed E-state index contributed by atoms with van der Waals surface area (Å²) in [6, 6.07) is 11.6. The van der Waals surface area contributed by atoms with Crippen LogP contribution in [0.3, 0.4) is 0 Å². The van der Waals surface area contributed by atoms with Gasteiger partial charge in [-0.05, 0) is 35.9 Å². The van der Waals surface area contributed by atoms with E-state index in [1.54, 1.807) is 0 Å². The van der Waals surface area contributed by atoms with Crippen LogP contribution in [-0.2, 0) is 13.1 Å². The lowest BCUT2D eigenvalue weighted by atomic mass is 10.1. The third-order valence-electron chi connectivity index (χ3n) is 3.11. The van der Waals surface area contributed by atoms with E-state index in [0.29, 0.717) is 18.7 Å². The van der Waals surface area contributed by atoms with Gasteiger partial charge in [-0.25, -0.2) is 8.78 Å². The van der Waals surface area contributed by atoms with Gasteiger partial charge in [-0.2, -0.15) is 0 Å². The van der Waals surface area contributed by atoms with Gasteiger partial charge in [0.15, 0.2) is 0 Å². The molecule has 2 nitrogen and oxygen atoms in total. The molecule has 0 fully saturated rings. The normalized spacial score (nSPS) is 10.6. The summed E-state index contributed by atoms with van der Waals surface area (Å²) in [5.41, 5.74) is 2.58. The Bertz CT molecular complexity index is 565. The molecule has 4 heteroatoms. The monoisotopic (exact) mass is 276 g/mol. The number of nitrogens with zero attached hydrogens (tertiary/aromatic N) is 1. The lowest BCUT2D eigenvalue weighted by Crippen LogP contribution is -2.14. The van der Waals surface area contributed by atoms with Gasteiger partial charge in [0, 0.05) is 38.4 Å². The summed E-state index contributed by atoms with van der Waals surface area (Å²) in [6.45, 7) is 0.919. The van der Waals surface area contributed by atoms with E-state index in [4.69, 9.17) is 0 Å². The van der Waals surface area contributed by atoms with Crippen molar-refractivity contribution >= 4 is 5.69 Å². The van der Waals surface area contributed by atoms with Gasteiger partial charge in [-0.15, -0.1) is 0 Å². The lowest BCUT2D eigenvalue weighted by molar-refractivity contribution is 0.568. The molecule has 0 unspecified atom stereocenters. The molecule has 0 spiro atoms. The first kappa shape index (κ1) is 14.5. The number of benzene rings is 2. The Morgan fingerprint density at radius 3 is 2.30 bits per heavy atom. The highest BCUT2D eigenvalue weighted by Gasteiger charge is 2.03. The van der Waals surface area contributed by atoms with E-state index in [1.807, 2.05) is 43.3 Å². The molecule has 0 amide bonds. The molecule has 1 N–H and O–H groups in total. The van der Waals surface area contributed by atoms with Crippen molar-refractivity contribution in [2.75, 3.05) is 19.0 Å². The smallest absolute Gasteiger partial charge is 0.127 e. The van der Waals surface area contributed by atoms with E-state index >= 15 is 0 Å². The van der Waals surface area contributed by atoms with Crippen LogP contribution in [0, 0.1) is 11.6 Å². The molecule has 106 valence electrons. The highest BCUT2D eigenvalue weighted by molar-refractivity contribution is 5.45. The molecule has 0 bridgehead atoms. The van der Waals surface area contributed by atoms with E-state index in [9.17, 15) is 8.78 Å². The van der Waals surface area contributed by atoms with Gasteiger partial charge >= 0.3 is 0 Å². The van der Waals surface area contributed by atoms with Crippen LogP contribution >= 0.6 is 0 Å². The second-order valence-electron chi connectivity index (χ2n) is 4.90. The van der Waals surface area contributed by atoms with Crippen molar-refractivity contribution < 1.29 is 8.78 Å². The molecule has 0 aromatic heterocycles. The molecule has 2 aromatic carbocycles. The highest BCUT2D eigenvalue weighted by atomic mass is 19.1. The van der Waals surface area contributed by atoms with Crippen LogP contribution in [0.5, 0.6) is 0 Å². The molecule has 2 rings (SSSR count). The van der Waals surface area contributed by atoms with Gasteiger partial charge in [-0.1, -0.05) is 12.1 Å². The Hall–Kier alpha value is -1.94. The Balaban J connectivity index is 1.91. The third-order valence-corrected chi connectivity index (χ3v) is 3.11. The van der Waals surface area contributed by atoms with Gasteiger partial charge in [0.1, 0.15) is 11.6 Å². The maximum Gasteiger partial charge on any atom is 0.127 e. The van der Waals surface area contributed by atoms with Gasteiger partial charge in [0.05, 0.1) is 0 Å². The van der Waals surface area contributed by atoms with Gasteiger partial charge in [0.2, 0.25) is 0 Å². The summed E-state index contributed by atoms with van der Waals surface area (Å²) in [5, 5.41) is 3.11. The quantitative estimate of drug-likeness (QED) is 0.901. The summed E-state index contributed by atoms with van der Waals surface area (Å²) in [6.07, 6.45) is 0. The van der Waals surface area contributed by atoms with E-state index in [-0.39, 0.29) is 5.82 Å². The highest BCUT2D eigenvalue weighted by Crippen LogP contribution is 2.13. The zero-order valence-corrected chi connectivity index (χ0v) is 11.7. The van der Waals surface area contributed by atoms with Crippen LogP contribution in [0.25, 0.3) is 0 Å². The molecule has 2 aromatic rings. The summed E-state index contributed by atoms with van der Waals surface area (Å²) in [5.74, 6) is -0.805. The van der Waals surface area contributed by atoms with Crippen molar-refractivity contribution in [1.29, 1.82) is 0 Å². The van der Waals surface area contributed by atoms with Crippen molar-refractivity contribution in [3.63, 3.8) is 0 Å².